The van der Waals surface area contributed by atoms with Gasteiger partial charge in [-0.1, -0.05) is 30.3 Å². The Morgan fingerprint density at radius 2 is 1.88 bits per heavy atom. The molecule has 2 aromatic rings. The Morgan fingerprint density at radius 3 is 2.56 bits per heavy atom. The summed E-state index contributed by atoms with van der Waals surface area (Å²) in [6.07, 6.45) is -1.26. The Balaban J connectivity index is 1.86. The molecule has 1 aliphatic rings. The summed E-state index contributed by atoms with van der Waals surface area (Å²) in [5.41, 5.74) is -1.29. The van der Waals surface area contributed by atoms with E-state index < -0.39 is 35.2 Å². The van der Waals surface area contributed by atoms with E-state index in [0.717, 1.165) is 11.0 Å². The summed E-state index contributed by atoms with van der Waals surface area (Å²) in [5.74, 6) is -1.84. The van der Waals surface area contributed by atoms with Crippen LogP contribution in [0.2, 0.25) is 0 Å². The Labute approximate surface area is 142 Å². The third-order valence-corrected chi connectivity index (χ3v) is 4.28. The number of carbonyl (C=O) groups is 2. The van der Waals surface area contributed by atoms with Gasteiger partial charge in [-0.2, -0.15) is 0 Å². The van der Waals surface area contributed by atoms with Gasteiger partial charge in [0.1, 0.15) is 17.2 Å². The molecule has 1 heterocycles. The Bertz CT molecular complexity index is 843. The van der Waals surface area contributed by atoms with Crippen LogP contribution in [0, 0.1) is 11.6 Å². The zero-order valence-electron chi connectivity index (χ0n) is 13.4. The van der Waals surface area contributed by atoms with Crippen molar-refractivity contribution in [3.63, 3.8) is 0 Å². The topological polar surface area (TPSA) is 69.6 Å². The summed E-state index contributed by atoms with van der Waals surface area (Å²) in [6, 6.07) is 10.2. The summed E-state index contributed by atoms with van der Waals surface area (Å²) in [4.78, 5) is 25.7. The smallest absolute Gasteiger partial charge is 0.325 e. The molecule has 3 amide bonds. The maximum Gasteiger partial charge on any atom is 0.325 e. The summed E-state index contributed by atoms with van der Waals surface area (Å²) in [7, 11) is 0. The monoisotopic (exact) mass is 346 g/mol. The van der Waals surface area contributed by atoms with E-state index in [2.05, 4.69) is 5.32 Å². The number of nitrogens with zero attached hydrogens (tertiary/aromatic N) is 1. The first kappa shape index (κ1) is 17.0. The van der Waals surface area contributed by atoms with E-state index in [1.807, 2.05) is 0 Å². The van der Waals surface area contributed by atoms with E-state index in [9.17, 15) is 23.5 Å². The van der Waals surface area contributed by atoms with Gasteiger partial charge >= 0.3 is 6.03 Å². The number of hydrogen-bond donors (Lipinski definition) is 2. The molecular weight excluding hydrogens is 330 g/mol. The largest absolute Gasteiger partial charge is 0.387 e. The highest BCUT2D eigenvalue weighted by Crippen LogP contribution is 2.31. The molecule has 2 aromatic carbocycles. The fourth-order valence-corrected chi connectivity index (χ4v) is 2.90. The van der Waals surface area contributed by atoms with Gasteiger partial charge in [-0.05, 0) is 30.7 Å². The quantitative estimate of drug-likeness (QED) is 0.836. The maximum atomic E-state index is 14.1. The standard InChI is InChI=1S/C18H16F2N2O3/c1-18(13-7-2-3-8-14(13)20)16(24)22(17(25)21-18)10-15(23)11-5-4-6-12(19)9-11/h2-9,15,23H,10H2,1H3,(H,21,25)/t15-,18-/m1/s1. The number of urea groups is 1. The predicted molar refractivity (Wildman–Crippen MR) is 85.4 cm³/mol. The summed E-state index contributed by atoms with van der Waals surface area (Å²) >= 11 is 0. The van der Waals surface area contributed by atoms with Crippen LogP contribution in [-0.4, -0.2) is 28.5 Å². The van der Waals surface area contributed by atoms with Crippen molar-refractivity contribution in [3.05, 3.63) is 71.3 Å². The summed E-state index contributed by atoms with van der Waals surface area (Å²) in [6.45, 7) is 1.04. The van der Waals surface area contributed by atoms with E-state index in [4.69, 9.17) is 0 Å². The first-order valence-corrected chi connectivity index (χ1v) is 7.65. The molecule has 0 radical (unpaired) electrons. The molecule has 7 heteroatoms. The lowest BCUT2D eigenvalue weighted by Gasteiger charge is -2.23. The minimum absolute atomic E-state index is 0.0381. The number of amides is 3. The van der Waals surface area contributed by atoms with Crippen molar-refractivity contribution >= 4 is 11.9 Å². The fraction of sp³-hybridized carbons (Fsp3) is 0.222. The van der Waals surface area contributed by atoms with Gasteiger partial charge in [0.15, 0.2) is 0 Å². The van der Waals surface area contributed by atoms with Crippen LogP contribution < -0.4 is 5.32 Å². The normalized spacial score (nSPS) is 21.4. The lowest BCUT2D eigenvalue weighted by molar-refractivity contribution is -0.132. The van der Waals surface area contributed by atoms with Crippen LogP contribution in [-0.2, 0) is 10.3 Å². The van der Waals surface area contributed by atoms with E-state index in [-0.39, 0.29) is 17.7 Å². The molecule has 0 bridgehead atoms. The first-order valence-electron chi connectivity index (χ1n) is 7.65. The van der Waals surface area contributed by atoms with Crippen LogP contribution in [0.3, 0.4) is 0 Å². The van der Waals surface area contributed by atoms with Crippen molar-refractivity contribution in [2.24, 2.45) is 0 Å². The van der Waals surface area contributed by atoms with Crippen molar-refractivity contribution in [2.45, 2.75) is 18.6 Å². The average molecular weight is 346 g/mol. The number of aliphatic hydroxyl groups excluding tert-OH is 1. The zero-order valence-corrected chi connectivity index (χ0v) is 13.4. The van der Waals surface area contributed by atoms with Gasteiger partial charge in [0.25, 0.3) is 5.91 Å². The first-order chi connectivity index (χ1) is 11.8. The molecule has 130 valence electrons. The van der Waals surface area contributed by atoms with Gasteiger partial charge in [0.2, 0.25) is 0 Å². The molecule has 2 N–H and O–H groups in total. The van der Waals surface area contributed by atoms with Gasteiger partial charge < -0.3 is 10.4 Å². The number of aliphatic hydroxyl groups is 1. The van der Waals surface area contributed by atoms with Crippen LogP contribution in [0.5, 0.6) is 0 Å². The highest BCUT2D eigenvalue weighted by Gasteiger charge is 2.50. The molecule has 0 aromatic heterocycles. The number of hydrogen-bond acceptors (Lipinski definition) is 3. The van der Waals surface area contributed by atoms with Gasteiger partial charge in [-0.15, -0.1) is 0 Å². The molecule has 0 spiro atoms. The molecule has 0 aliphatic carbocycles. The lowest BCUT2D eigenvalue weighted by Crippen LogP contribution is -2.42. The Hall–Kier alpha value is -2.80. The molecule has 3 rings (SSSR count). The van der Waals surface area contributed by atoms with Crippen molar-refractivity contribution < 1.29 is 23.5 Å². The van der Waals surface area contributed by atoms with Crippen LogP contribution in [0.4, 0.5) is 13.6 Å². The highest BCUT2D eigenvalue weighted by atomic mass is 19.1. The van der Waals surface area contributed by atoms with E-state index >= 15 is 0 Å². The van der Waals surface area contributed by atoms with Crippen molar-refractivity contribution in [1.82, 2.24) is 10.2 Å². The fourth-order valence-electron chi connectivity index (χ4n) is 2.90. The molecule has 0 saturated carbocycles. The second-order valence-corrected chi connectivity index (χ2v) is 6.02. The third kappa shape index (κ3) is 2.98. The SMILES string of the molecule is C[C@]1(c2ccccc2F)NC(=O)N(C[C@@H](O)c2cccc(F)c2)C1=O. The Kier molecular flexibility index (Phi) is 4.26. The van der Waals surface area contributed by atoms with Crippen molar-refractivity contribution in [1.29, 1.82) is 0 Å². The molecule has 1 fully saturated rings. The molecule has 25 heavy (non-hydrogen) atoms. The molecule has 1 aliphatic heterocycles. The molecule has 5 nitrogen and oxygen atoms in total. The molecule has 2 atom stereocenters. The maximum absolute atomic E-state index is 14.1. The van der Waals surface area contributed by atoms with Crippen LogP contribution in [0.25, 0.3) is 0 Å². The van der Waals surface area contributed by atoms with E-state index in [0.29, 0.717) is 0 Å². The van der Waals surface area contributed by atoms with E-state index in [1.165, 1.54) is 43.3 Å². The molecule has 0 unspecified atom stereocenters. The number of nitrogens with one attached hydrogen (secondary N) is 1. The van der Waals surface area contributed by atoms with Crippen LogP contribution >= 0.6 is 0 Å². The average Bonchev–Trinajstić information content (AvgIpc) is 2.79. The predicted octanol–water partition coefficient (Wildman–Crippen LogP) is 2.47. The summed E-state index contributed by atoms with van der Waals surface area (Å²) < 4.78 is 27.3. The van der Waals surface area contributed by atoms with E-state index in [1.54, 1.807) is 6.07 Å². The van der Waals surface area contributed by atoms with Gasteiger partial charge in [0, 0.05) is 5.56 Å². The second kappa shape index (κ2) is 6.25. The number of β-amino-alcohol motifs (C(OH)–C–C–N with tert-alkyl or cyclic N) is 1. The number of carbonyl (C=O) groups excluding carboxylic acids is 2. The highest BCUT2D eigenvalue weighted by molar-refractivity contribution is 6.07. The number of halogens is 2. The minimum Gasteiger partial charge on any atom is -0.387 e. The zero-order chi connectivity index (χ0) is 18.2. The van der Waals surface area contributed by atoms with Gasteiger partial charge in [-0.3, -0.25) is 9.69 Å². The summed E-state index contributed by atoms with van der Waals surface area (Å²) in [5, 5.41) is 12.7. The van der Waals surface area contributed by atoms with Crippen molar-refractivity contribution in [3.8, 4) is 0 Å². The third-order valence-electron chi connectivity index (χ3n) is 4.28. The van der Waals surface area contributed by atoms with Crippen LogP contribution in [0.15, 0.2) is 48.5 Å². The minimum atomic E-state index is -1.57. The van der Waals surface area contributed by atoms with Gasteiger partial charge in [0.05, 0.1) is 12.6 Å². The van der Waals surface area contributed by atoms with Crippen molar-refractivity contribution in [2.75, 3.05) is 6.54 Å². The van der Waals surface area contributed by atoms with Gasteiger partial charge in [-0.25, -0.2) is 13.6 Å². The number of imide groups is 1. The molecule has 1 saturated heterocycles. The second-order valence-electron chi connectivity index (χ2n) is 6.02. The molecular formula is C18H16F2N2O3. The lowest BCUT2D eigenvalue weighted by atomic mass is 9.91. The van der Waals surface area contributed by atoms with Crippen LogP contribution in [0.1, 0.15) is 24.2 Å². The number of rotatable bonds is 4. The number of benzene rings is 2. The Morgan fingerprint density at radius 1 is 1.16 bits per heavy atom.